The summed E-state index contributed by atoms with van der Waals surface area (Å²) in [7, 11) is 0. The van der Waals surface area contributed by atoms with Crippen molar-refractivity contribution in [2.75, 3.05) is 13.1 Å². The molecule has 0 aliphatic carbocycles. The highest BCUT2D eigenvalue weighted by Gasteiger charge is 2.32. The molecule has 98 valence electrons. The first-order valence-corrected chi connectivity index (χ1v) is 6.74. The molecule has 3 heteroatoms. The average molecular weight is 247 g/mol. The molecule has 1 aliphatic rings. The smallest absolute Gasteiger partial charge is 0.320 e. The number of carboxylic acids is 1. The van der Waals surface area contributed by atoms with Crippen LogP contribution in [0.15, 0.2) is 30.3 Å². The van der Waals surface area contributed by atoms with Gasteiger partial charge in [-0.1, -0.05) is 43.7 Å². The number of benzene rings is 1. The largest absolute Gasteiger partial charge is 0.480 e. The van der Waals surface area contributed by atoms with Crippen LogP contribution < -0.4 is 0 Å². The van der Waals surface area contributed by atoms with Crippen LogP contribution in [0.4, 0.5) is 0 Å². The van der Waals surface area contributed by atoms with E-state index in [1.165, 1.54) is 5.56 Å². The fraction of sp³-hybridized carbons (Fsp3) is 0.533. The van der Waals surface area contributed by atoms with E-state index in [4.69, 9.17) is 0 Å². The van der Waals surface area contributed by atoms with Crippen LogP contribution in [0.5, 0.6) is 0 Å². The number of carbonyl (C=O) groups is 1. The Morgan fingerprint density at radius 2 is 2.17 bits per heavy atom. The third-order valence-electron chi connectivity index (χ3n) is 3.78. The maximum Gasteiger partial charge on any atom is 0.320 e. The van der Waals surface area contributed by atoms with E-state index in [1.807, 2.05) is 13.0 Å². The summed E-state index contributed by atoms with van der Waals surface area (Å²) in [5.41, 5.74) is 1.33. The molecule has 0 saturated carbocycles. The van der Waals surface area contributed by atoms with Gasteiger partial charge in [-0.25, -0.2) is 0 Å². The fourth-order valence-electron chi connectivity index (χ4n) is 2.80. The third kappa shape index (κ3) is 2.91. The van der Waals surface area contributed by atoms with E-state index in [-0.39, 0.29) is 6.04 Å². The van der Waals surface area contributed by atoms with Crippen molar-refractivity contribution < 1.29 is 9.90 Å². The van der Waals surface area contributed by atoms with Crippen LogP contribution in [0.1, 0.15) is 37.7 Å². The summed E-state index contributed by atoms with van der Waals surface area (Å²) >= 11 is 0. The predicted octanol–water partition coefficient (Wildman–Crippen LogP) is 2.73. The lowest BCUT2D eigenvalue weighted by Crippen LogP contribution is -2.39. The van der Waals surface area contributed by atoms with Crippen molar-refractivity contribution in [2.45, 2.75) is 38.1 Å². The number of rotatable bonds is 5. The second-order valence-corrected chi connectivity index (χ2v) is 5.03. The van der Waals surface area contributed by atoms with Gasteiger partial charge in [-0.15, -0.1) is 0 Å². The molecule has 0 spiro atoms. The van der Waals surface area contributed by atoms with Gasteiger partial charge < -0.3 is 5.11 Å². The van der Waals surface area contributed by atoms with E-state index >= 15 is 0 Å². The van der Waals surface area contributed by atoms with Crippen molar-refractivity contribution in [3.8, 4) is 0 Å². The molecule has 1 fully saturated rings. The van der Waals surface area contributed by atoms with Gasteiger partial charge in [0.25, 0.3) is 0 Å². The topological polar surface area (TPSA) is 40.5 Å². The minimum absolute atomic E-state index is 0.302. The van der Waals surface area contributed by atoms with Gasteiger partial charge in [-0.2, -0.15) is 0 Å². The SMILES string of the molecule is CCCC(C(=O)O)N1CCC(c2ccccc2)C1. The first-order valence-electron chi connectivity index (χ1n) is 6.74. The highest BCUT2D eigenvalue weighted by atomic mass is 16.4. The van der Waals surface area contributed by atoms with Gasteiger partial charge in [-0.3, -0.25) is 9.69 Å². The molecule has 3 nitrogen and oxygen atoms in total. The van der Waals surface area contributed by atoms with Gasteiger partial charge in [0.2, 0.25) is 0 Å². The summed E-state index contributed by atoms with van der Waals surface area (Å²) in [6.07, 6.45) is 2.73. The molecule has 2 unspecified atom stereocenters. The van der Waals surface area contributed by atoms with Crippen molar-refractivity contribution in [3.63, 3.8) is 0 Å². The lowest BCUT2D eigenvalue weighted by molar-refractivity contribution is -0.143. The number of likely N-dealkylation sites (tertiary alicyclic amines) is 1. The summed E-state index contributed by atoms with van der Waals surface area (Å²) in [4.78, 5) is 13.4. The van der Waals surface area contributed by atoms with E-state index < -0.39 is 5.97 Å². The van der Waals surface area contributed by atoms with Crippen molar-refractivity contribution in [3.05, 3.63) is 35.9 Å². The van der Waals surface area contributed by atoms with Gasteiger partial charge in [0.15, 0.2) is 0 Å². The number of carboxylic acid groups (broad SMARTS) is 1. The van der Waals surface area contributed by atoms with E-state index in [0.717, 1.165) is 32.4 Å². The molecule has 0 bridgehead atoms. The molecular formula is C15H21NO2. The highest BCUT2D eigenvalue weighted by Crippen LogP contribution is 2.29. The lowest BCUT2D eigenvalue weighted by Gasteiger charge is -2.23. The van der Waals surface area contributed by atoms with Crippen molar-refractivity contribution >= 4 is 5.97 Å². The maximum absolute atomic E-state index is 11.3. The number of aliphatic carboxylic acids is 1. The molecule has 0 amide bonds. The number of hydrogen-bond donors (Lipinski definition) is 1. The van der Waals surface area contributed by atoms with Gasteiger partial charge in [0.1, 0.15) is 6.04 Å². The zero-order valence-corrected chi connectivity index (χ0v) is 10.9. The summed E-state index contributed by atoms with van der Waals surface area (Å²) in [6.45, 7) is 3.82. The predicted molar refractivity (Wildman–Crippen MR) is 71.7 cm³/mol. The van der Waals surface area contributed by atoms with E-state index in [2.05, 4.69) is 29.2 Å². The molecule has 1 aliphatic heterocycles. The van der Waals surface area contributed by atoms with Crippen LogP contribution in [0.3, 0.4) is 0 Å². The Morgan fingerprint density at radius 3 is 2.78 bits per heavy atom. The van der Waals surface area contributed by atoms with Crippen molar-refractivity contribution in [1.82, 2.24) is 4.90 Å². The molecule has 1 aromatic carbocycles. The summed E-state index contributed by atoms with van der Waals surface area (Å²) in [5, 5.41) is 9.28. The first-order chi connectivity index (χ1) is 8.72. The van der Waals surface area contributed by atoms with Crippen molar-refractivity contribution in [2.24, 2.45) is 0 Å². The normalized spacial score (nSPS) is 21.9. The minimum atomic E-state index is -0.675. The van der Waals surface area contributed by atoms with E-state index in [0.29, 0.717) is 5.92 Å². The minimum Gasteiger partial charge on any atom is -0.480 e. The van der Waals surface area contributed by atoms with Crippen LogP contribution >= 0.6 is 0 Å². The molecule has 0 radical (unpaired) electrons. The molecule has 1 N–H and O–H groups in total. The fourth-order valence-corrected chi connectivity index (χ4v) is 2.80. The van der Waals surface area contributed by atoms with Crippen LogP contribution in [0, 0.1) is 0 Å². The maximum atomic E-state index is 11.3. The summed E-state index contributed by atoms with van der Waals surface area (Å²) < 4.78 is 0. The quantitative estimate of drug-likeness (QED) is 0.869. The van der Waals surface area contributed by atoms with Crippen LogP contribution in [-0.4, -0.2) is 35.1 Å². The summed E-state index contributed by atoms with van der Waals surface area (Å²) in [6, 6.07) is 10.1. The molecule has 2 rings (SSSR count). The van der Waals surface area contributed by atoms with Crippen LogP contribution in [-0.2, 0) is 4.79 Å². The Balaban J connectivity index is 2.01. The van der Waals surface area contributed by atoms with Crippen LogP contribution in [0.2, 0.25) is 0 Å². The second-order valence-electron chi connectivity index (χ2n) is 5.03. The van der Waals surface area contributed by atoms with Gasteiger partial charge in [-0.05, 0) is 30.9 Å². The molecule has 1 heterocycles. The Hall–Kier alpha value is -1.35. The summed E-state index contributed by atoms with van der Waals surface area (Å²) in [5.74, 6) is -0.185. The van der Waals surface area contributed by atoms with E-state index in [1.54, 1.807) is 0 Å². The van der Waals surface area contributed by atoms with Crippen LogP contribution in [0.25, 0.3) is 0 Å². The Morgan fingerprint density at radius 1 is 1.44 bits per heavy atom. The third-order valence-corrected chi connectivity index (χ3v) is 3.78. The molecule has 0 aromatic heterocycles. The molecule has 18 heavy (non-hydrogen) atoms. The van der Waals surface area contributed by atoms with Gasteiger partial charge in [0.05, 0.1) is 0 Å². The van der Waals surface area contributed by atoms with Crippen molar-refractivity contribution in [1.29, 1.82) is 0 Å². The Kier molecular flexibility index (Phi) is 4.37. The zero-order valence-electron chi connectivity index (χ0n) is 10.9. The first kappa shape index (κ1) is 13.1. The second kappa shape index (κ2) is 6.01. The average Bonchev–Trinajstić information content (AvgIpc) is 2.86. The van der Waals surface area contributed by atoms with E-state index in [9.17, 15) is 9.90 Å². The zero-order chi connectivity index (χ0) is 13.0. The molecule has 2 atom stereocenters. The number of nitrogens with zero attached hydrogens (tertiary/aromatic N) is 1. The molecule has 1 saturated heterocycles. The standard InChI is InChI=1S/C15H21NO2/c1-2-6-14(15(17)18)16-10-9-13(11-16)12-7-4-3-5-8-12/h3-5,7-8,13-14H,2,6,9-11H2,1H3,(H,17,18). The molecule has 1 aromatic rings. The molecular weight excluding hydrogens is 226 g/mol. The Labute approximate surface area is 108 Å². The Bertz CT molecular complexity index is 391. The lowest BCUT2D eigenvalue weighted by atomic mass is 9.99. The van der Waals surface area contributed by atoms with Gasteiger partial charge >= 0.3 is 5.97 Å². The number of hydrogen-bond acceptors (Lipinski definition) is 2. The highest BCUT2D eigenvalue weighted by molar-refractivity contribution is 5.73. The monoisotopic (exact) mass is 247 g/mol. The van der Waals surface area contributed by atoms with Gasteiger partial charge in [0, 0.05) is 6.54 Å².